The maximum absolute atomic E-state index is 6.38. The van der Waals surface area contributed by atoms with E-state index >= 15 is 0 Å². The molecule has 0 bridgehead atoms. The highest BCUT2D eigenvalue weighted by molar-refractivity contribution is 6.42. The minimum absolute atomic E-state index is 0.0704. The Morgan fingerprint density at radius 3 is 2.55 bits per heavy atom. The molecule has 0 amide bonds. The second-order valence-corrected chi connectivity index (χ2v) is 5.73. The molecule has 3 heteroatoms. The normalized spacial score (nSPS) is 12.4. The molecule has 1 unspecified atom stereocenters. The molecule has 0 radical (unpaired) electrons. The smallest absolute Gasteiger partial charge is 0.0643 e. The summed E-state index contributed by atoms with van der Waals surface area (Å²) < 4.78 is 0. The monoisotopic (exact) mass is 307 g/mol. The molecule has 1 nitrogen and oxygen atoms in total. The molecule has 1 N–H and O–H groups in total. The van der Waals surface area contributed by atoms with Gasteiger partial charge >= 0.3 is 0 Å². The minimum Gasteiger partial charge on any atom is -0.306 e. The van der Waals surface area contributed by atoms with Gasteiger partial charge in [-0.3, -0.25) is 0 Å². The lowest BCUT2D eigenvalue weighted by Crippen LogP contribution is -2.23. The zero-order valence-corrected chi connectivity index (χ0v) is 13.3. The third-order valence-corrected chi connectivity index (χ3v) is 4.10. The van der Waals surface area contributed by atoms with Gasteiger partial charge in [-0.25, -0.2) is 0 Å². The number of hydrogen-bond acceptors (Lipinski definition) is 1. The zero-order chi connectivity index (χ0) is 14.5. The third kappa shape index (κ3) is 3.54. The van der Waals surface area contributed by atoms with Gasteiger partial charge < -0.3 is 5.32 Å². The van der Waals surface area contributed by atoms with Crippen LogP contribution in [0, 0.1) is 6.92 Å². The zero-order valence-electron chi connectivity index (χ0n) is 11.8. The van der Waals surface area contributed by atoms with E-state index in [4.69, 9.17) is 23.2 Å². The van der Waals surface area contributed by atoms with Crippen molar-refractivity contribution in [3.05, 3.63) is 69.2 Å². The SMILES string of the molecule is CCCNC(c1cccc(C)c1)c1cccc(Cl)c1Cl. The van der Waals surface area contributed by atoms with E-state index in [2.05, 4.69) is 43.4 Å². The summed E-state index contributed by atoms with van der Waals surface area (Å²) in [7, 11) is 0. The largest absolute Gasteiger partial charge is 0.306 e. The summed E-state index contributed by atoms with van der Waals surface area (Å²) in [6.45, 7) is 5.18. The fraction of sp³-hybridized carbons (Fsp3) is 0.294. The van der Waals surface area contributed by atoms with Gasteiger partial charge in [0.25, 0.3) is 0 Å². The molecule has 0 saturated heterocycles. The molecule has 2 rings (SSSR count). The van der Waals surface area contributed by atoms with E-state index in [0.717, 1.165) is 18.5 Å². The van der Waals surface area contributed by atoms with E-state index < -0.39 is 0 Å². The van der Waals surface area contributed by atoms with Crippen LogP contribution in [0.3, 0.4) is 0 Å². The summed E-state index contributed by atoms with van der Waals surface area (Å²) in [5.41, 5.74) is 3.48. The van der Waals surface area contributed by atoms with Crippen LogP contribution >= 0.6 is 23.2 Å². The van der Waals surface area contributed by atoms with Gasteiger partial charge in [0, 0.05) is 0 Å². The number of hydrogen-bond donors (Lipinski definition) is 1. The molecule has 20 heavy (non-hydrogen) atoms. The summed E-state index contributed by atoms with van der Waals surface area (Å²) in [6, 6.07) is 14.3. The predicted molar refractivity (Wildman–Crippen MR) is 87.8 cm³/mol. The Morgan fingerprint density at radius 2 is 1.85 bits per heavy atom. The van der Waals surface area contributed by atoms with Crippen molar-refractivity contribution in [1.82, 2.24) is 5.32 Å². The number of nitrogens with one attached hydrogen (secondary N) is 1. The van der Waals surface area contributed by atoms with Gasteiger partial charge in [0.15, 0.2) is 0 Å². The minimum atomic E-state index is 0.0704. The molecule has 0 aliphatic heterocycles. The Bertz CT molecular complexity index is 581. The van der Waals surface area contributed by atoms with E-state index in [9.17, 15) is 0 Å². The van der Waals surface area contributed by atoms with Crippen molar-refractivity contribution >= 4 is 23.2 Å². The molecule has 0 heterocycles. The summed E-state index contributed by atoms with van der Waals surface area (Å²) >= 11 is 12.5. The lowest BCUT2D eigenvalue weighted by molar-refractivity contribution is 0.598. The average Bonchev–Trinajstić information content (AvgIpc) is 2.44. The predicted octanol–water partition coefficient (Wildman–Crippen LogP) is 5.39. The van der Waals surface area contributed by atoms with E-state index in [-0.39, 0.29) is 6.04 Å². The van der Waals surface area contributed by atoms with Crippen molar-refractivity contribution in [2.45, 2.75) is 26.3 Å². The Balaban J connectivity index is 2.44. The number of halogens is 2. The molecule has 0 fully saturated rings. The Hall–Kier alpha value is -1.02. The first kappa shape index (κ1) is 15.4. The van der Waals surface area contributed by atoms with Crippen molar-refractivity contribution in [2.75, 3.05) is 6.54 Å². The molecular weight excluding hydrogens is 289 g/mol. The quantitative estimate of drug-likeness (QED) is 0.780. The molecule has 0 saturated carbocycles. The molecular formula is C17H19Cl2N. The first-order valence-corrected chi connectivity index (χ1v) is 7.63. The summed E-state index contributed by atoms with van der Waals surface area (Å²) in [5, 5.41) is 4.78. The van der Waals surface area contributed by atoms with Crippen LogP contribution in [0.4, 0.5) is 0 Å². The van der Waals surface area contributed by atoms with Crippen LogP contribution < -0.4 is 5.32 Å². The van der Waals surface area contributed by atoms with Crippen molar-refractivity contribution in [1.29, 1.82) is 0 Å². The van der Waals surface area contributed by atoms with Crippen LogP contribution in [0.15, 0.2) is 42.5 Å². The molecule has 106 valence electrons. The molecule has 2 aromatic carbocycles. The molecule has 0 aromatic heterocycles. The van der Waals surface area contributed by atoms with Crippen molar-refractivity contribution < 1.29 is 0 Å². The van der Waals surface area contributed by atoms with E-state index in [1.165, 1.54) is 11.1 Å². The lowest BCUT2D eigenvalue weighted by atomic mass is 9.97. The second kappa shape index (κ2) is 7.12. The van der Waals surface area contributed by atoms with Gasteiger partial charge in [-0.05, 0) is 37.1 Å². The average molecular weight is 308 g/mol. The van der Waals surface area contributed by atoms with Crippen molar-refractivity contribution in [3.8, 4) is 0 Å². The summed E-state index contributed by atoms with van der Waals surface area (Å²) in [6.07, 6.45) is 1.07. The van der Waals surface area contributed by atoms with Crippen molar-refractivity contribution in [2.24, 2.45) is 0 Å². The first-order chi connectivity index (χ1) is 9.63. The van der Waals surface area contributed by atoms with Crippen LogP contribution in [0.2, 0.25) is 10.0 Å². The maximum atomic E-state index is 6.38. The highest BCUT2D eigenvalue weighted by Gasteiger charge is 2.17. The molecule has 1 atom stereocenters. The third-order valence-electron chi connectivity index (χ3n) is 3.27. The Kier molecular flexibility index (Phi) is 5.47. The molecule has 0 aliphatic rings. The first-order valence-electron chi connectivity index (χ1n) is 6.87. The van der Waals surface area contributed by atoms with E-state index in [0.29, 0.717) is 10.0 Å². The fourth-order valence-corrected chi connectivity index (χ4v) is 2.71. The van der Waals surface area contributed by atoms with Gasteiger partial charge in [-0.15, -0.1) is 0 Å². The maximum Gasteiger partial charge on any atom is 0.0643 e. The van der Waals surface area contributed by atoms with Crippen LogP contribution in [-0.4, -0.2) is 6.54 Å². The molecule has 0 spiro atoms. The van der Waals surface area contributed by atoms with Gasteiger partial charge in [-0.1, -0.05) is 72.1 Å². The Morgan fingerprint density at radius 1 is 1.10 bits per heavy atom. The van der Waals surface area contributed by atoms with E-state index in [1.54, 1.807) is 0 Å². The van der Waals surface area contributed by atoms with Gasteiger partial charge in [-0.2, -0.15) is 0 Å². The highest BCUT2D eigenvalue weighted by Crippen LogP contribution is 2.33. The van der Waals surface area contributed by atoms with Gasteiger partial charge in [0.05, 0.1) is 16.1 Å². The Labute approximate surface area is 130 Å². The fourth-order valence-electron chi connectivity index (χ4n) is 2.29. The van der Waals surface area contributed by atoms with Crippen LogP contribution in [0.5, 0.6) is 0 Å². The lowest BCUT2D eigenvalue weighted by Gasteiger charge is -2.21. The van der Waals surface area contributed by atoms with Crippen LogP contribution in [0.1, 0.15) is 36.1 Å². The molecule has 0 aliphatic carbocycles. The number of benzene rings is 2. The van der Waals surface area contributed by atoms with Crippen LogP contribution in [0.25, 0.3) is 0 Å². The van der Waals surface area contributed by atoms with E-state index in [1.807, 2.05) is 18.2 Å². The van der Waals surface area contributed by atoms with Gasteiger partial charge in [0.1, 0.15) is 0 Å². The number of rotatable bonds is 5. The van der Waals surface area contributed by atoms with Crippen LogP contribution in [-0.2, 0) is 0 Å². The second-order valence-electron chi connectivity index (χ2n) is 4.94. The highest BCUT2D eigenvalue weighted by atomic mass is 35.5. The summed E-state index contributed by atoms with van der Waals surface area (Å²) in [4.78, 5) is 0. The topological polar surface area (TPSA) is 12.0 Å². The van der Waals surface area contributed by atoms with Crippen molar-refractivity contribution in [3.63, 3.8) is 0 Å². The molecule has 2 aromatic rings. The van der Waals surface area contributed by atoms with Gasteiger partial charge in [0.2, 0.25) is 0 Å². The number of aryl methyl sites for hydroxylation is 1. The summed E-state index contributed by atoms with van der Waals surface area (Å²) in [5.74, 6) is 0. The standard InChI is InChI=1S/C17H19Cl2N/c1-3-10-20-17(13-7-4-6-12(2)11-13)14-8-5-9-15(18)16(14)19/h4-9,11,17,20H,3,10H2,1-2H3.